The second kappa shape index (κ2) is 10.6. The fraction of sp³-hybridized carbons (Fsp3) is 0.0667. The summed E-state index contributed by atoms with van der Waals surface area (Å²) >= 11 is 0. The van der Waals surface area contributed by atoms with Gasteiger partial charge in [-0.15, -0.1) is 0 Å². The monoisotopic (exact) mass is 602 g/mol. The minimum Gasteiger partial charge on any atom is -0.310 e. The molecule has 9 rings (SSSR count). The smallest absolute Gasteiger partial charge is 0.0541 e. The van der Waals surface area contributed by atoms with E-state index in [0.717, 1.165) is 17.1 Å². The van der Waals surface area contributed by atoms with Gasteiger partial charge in [0.25, 0.3) is 0 Å². The molecular formula is C45H34N2. The first-order chi connectivity index (χ1) is 23.1. The molecule has 0 N–H and O–H groups in total. The Labute approximate surface area is 275 Å². The van der Waals surface area contributed by atoms with E-state index in [1.807, 2.05) is 0 Å². The van der Waals surface area contributed by atoms with E-state index in [1.54, 1.807) is 0 Å². The van der Waals surface area contributed by atoms with Gasteiger partial charge in [0.15, 0.2) is 0 Å². The highest BCUT2D eigenvalue weighted by molar-refractivity contribution is 6.10. The number of fused-ring (bicyclic) bond motifs is 6. The van der Waals surface area contributed by atoms with E-state index in [0.29, 0.717) is 0 Å². The summed E-state index contributed by atoms with van der Waals surface area (Å²) in [5.41, 5.74) is 14.8. The molecule has 0 unspecified atom stereocenters. The van der Waals surface area contributed by atoms with Gasteiger partial charge in [0.1, 0.15) is 0 Å². The molecular weight excluding hydrogens is 569 g/mol. The van der Waals surface area contributed by atoms with Crippen LogP contribution < -0.4 is 4.90 Å². The molecule has 0 spiro atoms. The van der Waals surface area contributed by atoms with Gasteiger partial charge in [-0.3, -0.25) is 0 Å². The van der Waals surface area contributed by atoms with Crippen molar-refractivity contribution in [1.29, 1.82) is 0 Å². The van der Waals surface area contributed by atoms with E-state index in [9.17, 15) is 0 Å². The van der Waals surface area contributed by atoms with Crippen LogP contribution in [0.5, 0.6) is 0 Å². The van der Waals surface area contributed by atoms with E-state index >= 15 is 0 Å². The van der Waals surface area contributed by atoms with Crippen molar-refractivity contribution in [1.82, 2.24) is 4.57 Å². The van der Waals surface area contributed by atoms with Crippen LogP contribution in [0.2, 0.25) is 0 Å². The zero-order valence-electron chi connectivity index (χ0n) is 26.6. The molecule has 0 radical (unpaired) electrons. The van der Waals surface area contributed by atoms with Crippen LogP contribution in [0.4, 0.5) is 17.1 Å². The van der Waals surface area contributed by atoms with Gasteiger partial charge < -0.3 is 9.47 Å². The second-order valence-corrected chi connectivity index (χ2v) is 13.0. The lowest BCUT2D eigenvalue weighted by molar-refractivity contribution is 0.660. The van der Waals surface area contributed by atoms with Crippen molar-refractivity contribution < 1.29 is 0 Å². The summed E-state index contributed by atoms with van der Waals surface area (Å²) in [5, 5.41) is 2.52. The molecule has 0 atom stereocenters. The Morgan fingerprint density at radius 2 is 1.06 bits per heavy atom. The Morgan fingerprint density at radius 1 is 0.426 bits per heavy atom. The highest BCUT2D eigenvalue weighted by Crippen LogP contribution is 2.50. The second-order valence-electron chi connectivity index (χ2n) is 13.0. The lowest BCUT2D eigenvalue weighted by atomic mass is 9.82. The van der Waals surface area contributed by atoms with Crippen LogP contribution in [0.3, 0.4) is 0 Å². The Kier molecular flexibility index (Phi) is 6.20. The first kappa shape index (κ1) is 27.5. The van der Waals surface area contributed by atoms with E-state index < -0.39 is 0 Å². The van der Waals surface area contributed by atoms with Gasteiger partial charge >= 0.3 is 0 Å². The molecule has 2 heteroatoms. The van der Waals surface area contributed by atoms with Crippen molar-refractivity contribution in [2.75, 3.05) is 4.90 Å². The van der Waals surface area contributed by atoms with Crippen LogP contribution in [-0.4, -0.2) is 4.57 Å². The molecule has 0 saturated carbocycles. The Bertz CT molecular complexity index is 2430. The standard InChI is InChI=1S/C45H34N2/c1-45(2)41-22-11-9-20-37(41)38-26-25-36(30-42(38)45)46(33-15-5-3-6-16-33)35-19-13-14-31(28-35)32-24-27-44-40(29-32)39-21-10-12-23-43(39)47(44)34-17-7-4-8-18-34/h3-30H,1-2H3. The van der Waals surface area contributed by atoms with Crippen LogP contribution in [0.1, 0.15) is 25.0 Å². The number of para-hydroxylation sites is 3. The maximum absolute atomic E-state index is 2.40. The predicted molar refractivity (Wildman–Crippen MR) is 198 cm³/mol. The molecule has 47 heavy (non-hydrogen) atoms. The van der Waals surface area contributed by atoms with Crippen molar-refractivity contribution in [3.63, 3.8) is 0 Å². The SMILES string of the molecule is CC1(C)c2ccccc2-c2ccc(N(c3ccccc3)c3cccc(-c4ccc5c(c4)c4ccccc4n5-c4ccccc4)c3)cc21. The molecule has 7 aromatic carbocycles. The Morgan fingerprint density at radius 3 is 1.91 bits per heavy atom. The molecule has 224 valence electrons. The molecule has 0 amide bonds. The number of benzene rings is 7. The molecule has 2 nitrogen and oxygen atoms in total. The van der Waals surface area contributed by atoms with Gasteiger partial charge in [0, 0.05) is 38.9 Å². The first-order valence-corrected chi connectivity index (χ1v) is 16.4. The first-order valence-electron chi connectivity index (χ1n) is 16.4. The number of anilines is 3. The van der Waals surface area contributed by atoms with Gasteiger partial charge in [0.2, 0.25) is 0 Å². The van der Waals surface area contributed by atoms with Gasteiger partial charge in [-0.2, -0.15) is 0 Å². The van der Waals surface area contributed by atoms with E-state index in [2.05, 4.69) is 193 Å². The van der Waals surface area contributed by atoms with Crippen LogP contribution in [0.15, 0.2) is 170 Å². The van der Waals surface area contributed by atoms with Gasteiger partial charge in [0.05, 0.1) is 11.0 Å². The number of aromatic nitrogens is 1. The zero-order chi connectivity index (χ0) is 31.5. The van der Waals surface area contributed by atoms with Crippen molar-refractivity contribution in [2.45, 2.75) is 19.3 Å². The molecule has 1 heterocycles. The quantitative estimate of drug-likeness (QED) is 0.190. The average Bonchev–Trinajstić information content (AvgIpc) is 3.57. The normalized spacial score (nSPS) is 13.1. The molecule has 1 aromatic heterocycles. The van der Waals surface area contributed by atoms with Gasteiger partial charge in [-0.25, -0.2) is 0 Å². The maximum Gasteiger partial charge on any atom is 0.0541 e. The van der Waals surface area contributed by atoms with Crippen molar-refractivity contribution in [2.24, 2.45) is 0 Å². The van der Waals surface area contributed by atoms with Crippen molar-refractivity contribution >= 4 is 38.9 Å². The van der Waals surface area contributed by atoms with E-state index in [4.69, 9.17) is 0 Å². The van der Waals surface area contributed by atoms with Crippen molar-refractivity contribution in [3.8, 4) is 27.9 Å². The lowest BCUT2D eigenvalue weighted by Gasteiger charge is -2.28. The summed E-state index contributed by atoms with van der Waals surface area (Å²) in [7, 11) is 0. The Hall–Kier alpha value is -5.86. The number of nitrogens with zero attached hydrogens (tertiary/aromatic N) is 2. The molecule has 0 bridgehead atoms. The fourth-order valence-corrected chi connectivity index (χ4v) is 7.69. The third kappa shape index (κ3) is 4.33. The zero-order valence-corrected chi connectivity index (χ0v) is 26.6. The summed E-state index contributed by atoms with van der Waals surface area (Å²) in [6.07, 6.45) is 0. The molecule has 1 aliphatic rings. The number of hydrogen-bond acceptors (Lipinski definition) is 1. The lowest BCUT2D eigenvalue weighted by Crippen LogP contribution is -2.16. The fourth-order valence-electron chi connectivity index (χ4n) is 7.69. The van der Waals surface area contributed by atoms with Crippen LogP contribution in [-0.2, 0) is 5.41 Å². The summed E-state index contributed by atoms with van der Waals surface area (Å²) in [6, 6.07) is 61.8. The van der Waals surface area contributed by atoms with E-state index in [1.165, 1.54) is 60.9 Å². The number of hydrogen-bond donors (Lipinski definition) is 0. The third-order valence-corrected chi connectivity index (χ3v) is 9.96. The van der Waals surface area contributed by atoms with Crippen LogP contribution in [0, 0.1) is 0 Å². The van der Waals surface area contributed by atoms with Gasteiger partial charge in [-0.1, -0.05) is 117 Å². The largest absolute Gasteiger partial charge is 0.310 e. The summed E-state index contributed by atoms with van der Waals surface area (Å²) in [6.45, 7) is 4.69. The summed E-state index contributed by atoms with van der Waals surface area (Å²) < 4.78 is 2.37. The Balaban J connectivity index is 1.18. The average molecular weight is 603 g/mol. The number of rotatable bonds is 5. The maximum atomic E-state index is 2.40. The topological polar surface area (TPSA) is 8.17 Å². The van der Waals surface area contributed by atoms with Crippen LogP contribution >= 0.6 is 0 Å². The highest BCUT2D eigenvalue weighted by atomic mass is 15.1. The third-order valence-electron chi connectivity index (χ3n) is 9.96. The summed E-state index contributed by atoms with van der Waals surface area (Å²) in [4.78, 5) is 2.39. The molecule has 8 aromatic rings. The summed E-state index contributed by atoms with van der Waals surface area (Å²) in [5.74, 6) is 0. The minimum atomic E-state index is -0.0690. The minimum absolute atomic E-state index is 0.0690. The predicted octanol–water partition coefficient (Wildman–Crippen LogP) is 12.2. The molecule has 0 aliphatic heterocycles. The van der Waals surface area contributed by atoms with Crippen LogP contribution in [0.25, 0.3) is 49.7 Å². The highest BCUT2D eigenvalue weighted by Gasteiger charge is 2.35. The molecule has 0 fully saturated rings. The van der Waals surface area contributed by atoms with E-state index in [-0.39, 0.29) is 5.41 Å². The molecule has 1 aliphatic carbocycles. The van der Waals surface area contributed by atoms with Crippen molar-refractivity contribution in [3.05, 3.63) is 181 Å². The molecule has 0 saturated heterocycles. The van der Waals surface area contributed by atoms with Gasteiger partial charge in [-0.05, 0) is 100 Å².